The van der Waals surface area contributed by atoms with Crippen molar-refractivity contribution in [2.75, 3.05) is 51.7 Å². The summed E-state index contributed by atoms with van der Waals surface area (Å²) in [7, 11) is 0. The molecule has 0 saturated carbocycles. The van der Waals surface area contributed by atoms with Crippen molar-refractivity contribution >= 4 is 29.0 Å². The molecule has 0 atom stereocenters. The Kier molecular flexibility index (Phi) is 7.72. The second kappa shape index (κ2) is 9.54. The summed E-state index contributed by atoms with van der Waals surface area (Å²) in [5.41, 5.74) is 1.63. The molecule has 1 aromatic rings. The number of thioether (sulfide) groups is 1. The summed E-state index contributed by atoms with van der Waals surface area (Å²) in [6.45, 7) is 2.32. The van der Waals surface area contributed by atoms with Crippen molar-refractivity contribution in [3.63, 3.8) is 0 Å². The van der Waals surface area contributed by atoms with Crippen LogP contribution in [0.4, 0.5) is 13.2 Å². The number of ether oxygens (including phenoxy) is 1. The largest absolute Gasteiger partial charge is 0.411 e. The second-order valence-corrected chi connectivity index (χ2v) is 7.29. The van der Waals surface area contributed by atoms with Crippen LogP contribution in [0.1, 0.15) is 6.42 Å². The molecular formula is C13H19F3N4O2S2. The Morgan fingerprint density at radius 2 is 2.08 bits per heavy atom. The van der Waals surface area contributed by atoms with E-state index in [9.17, 15) is 18.0 Å². The van der Waals surface area contributed by atoms with Gasteiger partial charge < -0.3 is 9.64 Å². The number of hydrogen-bond acceptors (Lipinski definition) is 7. The maximum atomic E-state index is 12.1. The number of piperazine rings is 1. The Bertz CT molecular complexity index is 494. The van der Waals surface area contributed by atoms with Crippen LogP contribution < -0.4 is 0 Å². The fourth-order valence-electron chi connectivity index (χ4n) is 2.24. The normalized spacial score (nSPS) is 16.5. The van der Waals surface area contributed by atoms with Crippen molar-refractivity contribution in [2.45, 2.75) is 16.9 Å². The van der Waals surface area contributed by atoms with Gasteiger partial charge in [0.2, 0.25) is 5.91 Å². The minimum atomic E-state index is -4.27. The van der Waals surface area contributed by atoms with E-state index in [0.29, 0.717) is 31.8 Å². The number of amides is 1. The van der Waals surface area contributed by atoms with Crippen LogP contribution in [-0.2, 0) is 9.53 Å². The monoisotopic (exact) mass is 384 g/mol. The third-order valence-electron chi connectivity index (χ3n) is 3.41. The summed E-state index contributed by atoms with van der Waals surface area (Å²) >= 11 is 2.79. The van der Waals surface area contributed by atoms with Crippen LogP contribution >= 0.6 is 23.1 Å². The molecule has 2 rings (SSSR count). The van der Waals surface area contributed by atoms with E-state index in [1.165, 1.54) is 23.1 Å². The molecule has 6 nitrogen and oxygen atoms in total. The van der Waals surface area contributed by atoms with Gasteiger partial charge in [-0.15, -0.1) is 10.2 Å². The zero-order valence-electron chi connectivity index (χ0n) is 13.0. The van der Waals surface area contributed by atoms with E-state index in [4.69, 9.17) is 0 Å². The lowest BCUT2D eigenvalue weighted by Crippen LogP contribution is -2.49. The molecule has 1 aliphatic heterocycles. The number of rotatable bonds is 8. The van der Waals surface area contributed by atoms with E-state index < -0.39 is 12.8 Å². The molecule has 1 aliphatic rings. The van der Waals surface area contributed by atoms with Crippen LogP contribution in [-0.4, -0.2) is 83.8 Å². The molecule has 0 unspecified atom stereocenters. The number of carbonyl (C=O) groups excluding carboxylic acids is 1. The Balaban J connectivity index is 1.55. The summed E-state index contributed by atoms with van der Waals surface area (Å²) in [6, 6.07) is 0. The molecule has 1 aromatic heterocycles. The highest BCUT2D eigenvalue weighted by molar-refractivity contribution is 8.01. The van der Waals surface area contributed by atoms with Crippen LogP contribution in [0.15, 0.2) is 9.85 Å². The molecule has 0 aromatic carbocycles. The average Bonchev–Trinajstić information content (AvgIpc) is 3.05. The van der Waals surface area contributed by atoms with Gasteiger partial charge in [0.1, 0.15) is 12.1 Å². The van der Waals surface area contributed by atoms with Gasteiger partial charge in [-0.1, -0.05) is 23.1 Å². The Morgan fingerprint density at radius 3 is 2.71 bits per heavy atom. The van der Waals surface area contributed by atoms with Gasteiger partial charge in [-0.25, -0.2) is 0 Å². The highest BCUT2D eigenvalue weighted by atomic mass is 32.2. The second-order valence-electron chi connectivity index (χ2n) is 5.24. The molecular weight excluding hydrogens is 365 g/mol. The smallest absolute Gasteiger partial charge is 0.372 e. The van der Waals surface area contributed by atoms with Gasteiger partial charge in [0.05, 0.1) is 5.75 Å². The van der Waals surface area contributed by atoms with Crippen LogP contribution in [0, 0.1) is 0 Å². The number of aromatic nitrogens is 2. The van der Waals surface area contributed by atoms with Crippen molar-refractivity contribution in [3.05, 3.63) is 5.51 Å². The average molecular weight is 384 g/mol. The van der Waals surface area contributed by atoms with Gasteiger partial charge in [0, 0.05) is 39.3 Å². The minimum absolute atomic E-state index is 0.0726. The number of hydrogen-bond donors (Lipinski definition) is 0. The van der Waals surface area contributed by atoms with Crippen molar-refractivity contribution in [2.24, 2.45) is 0 Å². The molecule has 0 aliphatic carbocycles. The number of halogens is 3. The topological polar surface area (TPSA) is 58.6 Å². The van der Waals surface area contributed by atoms with Gasteiger partial charge in [-0.05, 0) is 6.42 Å². The molecule has 0 N–H and O–H groups in total. The Hall–Kier alpha value is -0.910. The Morgan fingerprint density at radius 1 is 1.33 bits per heavy atom. The quantitative estimate of drug-likeness (QED) is 0.503. The van der Waals surface area contributed by atoms with Crippen LogP contribution in [0.2, 0.25) is 0 Å². The minimum Gasteiger partial charge on any atom is -0.372 e. The Labute approximate surface area is 146 Å². The fraction of sp³-hybridized carbons (Fsp3) is 0.769. The van der Waals surface area contributed by atoms with Gasteiger partial charge >= 0.3 is 6.18 Å². The lowest BCUT2D eigenvalue weighted by molar-refractivity contribution is -0.174. The van der Waals surface area contributed by atoms with Gasteiger partial charge in [0.25, 0.3) is 0 Å². The molecule has 0 bridgehead atoms. The zero-order chi connectivity index (χ0) is 17.4. The molecule has 0 radical (unpaired) electrons. The van der Waals surface area contributed by atoms with E-state index in [0.717, 1.165) is 17.4 Å². The summed E-state index contributed by atoms with van der Waals surface area (Å²) in [6.07, 6.45) is -3.71. The summed E-state index contributed by atoms with van der Waals surface area (Å²) < 4.78 is 41.1. The molecule has 1 amide bonds. The summed E-state index contributed by atoms with van der Waals surface area (Å²) in [5.74, 6) is 0.420. The number of nitrogens with zero attached hydrogens (tertiary/aromatic N) is 4. The van der Waals surface area contributed by atoms with Crippen molar-refractivity contribution < 1.29 is 22.7 Å². The lowest BCUT2D eigenvalue weighted by atomic mass is 10.3. The molecule has 0 spiro atoms. The van der Waals surface area contributed by atoms with E-state index in [2.05, 4.69) is 19.8 Å². The number of carbonyl (C=O) groups is 1. The van der Waals surface area contributed by atoms with E-state index >= 15 is 0 Å². The number of alkyl halides is 3. The van der Waals surface area contributed by atoms with Gasteiger partial charge in [-0.3, -0.25) is 9.69 Å². The van der Waals surface area contributed by atoms with Crippen molar-refractivity contribution in [1.82, 2.24) is 20.0 Å². The SMILES string of the molecule is O=C(CSc1nncs1)N1CCN(CCCOCC(F)(F)F)CC1. The molecule has 24 heavy (non-hydrogen) atoms. The standard InChI is InChI=1S/C13H19F3N4O2S2/c14-13(15,16)9-22-7-1-2-19-3-5-20(6-4-19)11(21)8-23-12-18-17-10-24-12/h10H,1-9H2. The lowest BCUT2D eigenvalue weighted by Gasteiger charge is -2.34. The van der Waals surface area contributed by atoms with E-state index in [-0.39, 0.29) is 12.5 Å². The predicted molar refractivity (Wildman–Crippen MR) is 85.1 cm³/mol. The predicted octanol–water partition coefficient (Wildman–Crippen LogP) is 1.74. The van der Waals surface area contributed by atoms with Gasteiger partial charge in [0.15, 0.2) is 4.34 Å². The third-order valence-corrected chi connectivity index (χ3v) is 5.26. The highest BCUT2D eigenvalue weighted by Gasteiger charge is 2.27. The van der Waals surface area contributed by atoms with E-state index in [1.54, 1.807) is 5.51 Å². The van der Waals surface area contributed by atoms with Crippen molar-refractivity contribution in [3.8, 4) is 0 Å². The first-order valence-corrected chi connectivity index (χ1v) is 9.34. The fourth-order valence-corrected chi connectivity index (χ4v) is 3.63. The maximum absolute atomic E-state index is 12.1. The first-order chi connectivity index (χ1) is 11.4. The summed E-state index contributed by atoms with van der Waals surface area (Å²) in [4.78, 5) is 16.1. The van der Waals surface area contributed by atoms with Crippen molar-refractivity contribution in [1.29, 1.82) is 0 Å². The highest BCUT2D eigenvalue weighted by Crippen LogP contribution is 2.19. The molecule has 1 fully saturated rings. The van der Waals surface area contributed by atoms with Crippen LogP contribution in [0.25, 0.3) is 0 Å². The van der Waals surface area contributed by atoms with Gasteiger partial charge in [-0.2, -0.15) is 13.2 Å². The zero-order valence-corrected chi connectivity index (χ0v) is 14.6. The first-order valence-electron chi connectivity index (χ1n) is 7.47. The molecule has 2 heterocycles. The molecule has 1 saturated heterocycles. The molecule has 11 heteroatoms. The third kappa shape index (κ3) is 7.32. The maximum Gasteiger partial charge on any atom is 0.411 e. The molecule has 136 valence electrons. The van der Waals surface area contributed by atoms with Crippen LogP contribution in [0.5, 0.6) is 0 Å². The van der Waals surface area contributed by atoms with Crippen LogP contribution in [0.3, 0.4) is 0 Å². The first kappa shape index (κ1) is 19.4. The summed E-state index contributed by atoms with van der Waals surface area (Å²) in [5, 5.41) is 7.60. The van der Waals surface area contributed by atoms with E-state index in [1.807, 2.05) is 4.90 Å².